The quantitative estimate of drug-likeness (QED) is 0.709. The van der Waals surface area contributed by atoms with Crippen LogP contribution in [0.5, 0.6) is 0 Å². The Balaban J connectivity index is 2.09. The highest BCUT2D eigenvalue weighted by molar-refractivity contribution is 6.18. The molecule has 0 fully saturated rings. The molecular weight excluding hydrogens is 256 g/mol. The minimum Gasteiger partial charge on any atom is -0.296 e. The van der Waals surface area contributed by atoms with Crippen molar-refractivity contribution in [2.45, 2.75) is 26.3 Å². The number of pyridine rings is 1. The van der Waals surface area contributed by atoms with E-state index < -0.39 is 0 Å². The number of benzene rings is 1. The summed E-state index contributed by atoms with van der Waals surface area (Å²) in [5.41, 5.74) is 2.20. The van der Waals surface area contributed by atoms with Gasteiger partial charge in [0.1, 0.15) is 0 Å². The van der Waals surface area contributed by atoms with Crippen molar-refractivity contribution in [1.29, 1.82) is 0 Å². The van der Waals surface area contributed by atoms with E-state index in [-0.39, 0.29) is 0 Å². The Morgan fingerprint density at radius 2 is 1.95 bits per heavy atom. The Kier molecular flexibility index (Phi) is 5.62. The van der Waals surface area contributed by atoms with Crippen LogP contribution in [0, 0.1) is 0 Å². The van der Waals surface area contributed by atoms with Gasteiger partial charge >= 0.3 is 0 Å². The first-order chi connectivity index (χ1) is 9.33. The molecular formula is C16H21ClN2. The number of nitrogens with zero attached hydrogens (tertiary/aromatic N) is 2. The molecule has 0 unspecified atom stereocenters. The fourth-order valence-corrected chi connectivity index (χ4v) is 2.44. The standard InChI is InChI=1S/C16H21ClN2/c1-2-3-11-19(12-10-17)13-15-9-8-14-6-4-5-7-16(14)18-15/h4-9H,2-3,10-13H2,1H3. The molecule has 102 valence electrons. The van der Waals surface area contributed by atoms with Gasteiger partial charge in [-0.15, -0.1) is 11.6 Å². The molecule has 0 radical (unpaired) electrons. The molecule has 0 amide bonds. The molecule has 1 heterocycles. The molecule has 1 aromatic heterocycles. The first kappa shape index (κ1) is 14.3. The lowest BCUT2D eigenvalue weighted by atomic mass is 10.2. The molecule has 0 spiro atoms. The summed E-state index contributed by atoms with van der Waals surface area (Å²) in [4.78, 5) is 7.10. The molecule has 19 heavy (non-hydrogen) atoms. The number of halogens is 1. The van der Waals surface area contributed by atoms with E-state index in [1.807, 2.05) is 12.1 Å². The third kappa shape index (κ3) is 4.19. The summed E-state index contributed by atoms with van der Waals surface area (Å²) in [7, 11) is 0. The van der Waals surface area contributed by atoms with Gasteiger partial charge in [-0.2, -0.15) is 0 Å². The van der Waals surface area contributed by atoms with E-state index in [2.05, 4.69) is 36.1 Å². The molecule has 0 saturated heterocycles. The van der Waals surface area contributed by atoms with Crippen molar-refractivity contribution in [3.8, 4) is 0 Å². The summed E-state index contributed by atoms with van der Waals surface area (Å²) in [6.07, 6.45) is 2.43. The first-order valence-corrected chi connectivity index (χ1v) is 7.50. The highest BCUT2D eigenvalue weighted by Gasteiger charge is 2.06. The first-order valence-electron chi connectivity index (χ1n) is 6.96. The summed E-state index contributed by atoms with van der Waals surface area (Å²) < 4.78 is 0. The maximum absolute atomic E-state index is 5.87. The number of aromatic nitrogens is 1. The number of rotatable bonds is 7. The fraction of sp³-hybridized carbons (Fsp3) is 0.438. The van der Waals surface area contributed by atoms with E-state index in [0.29, 0.717) is 5.88 Å². The van der Waals surface area contributed by atoms with Gasteiger partial charge in [0, 0.05) is 24.4 Å². The van der Waals surface area contributed by atoms with E-state index in [4.69, 9.17) is 16.6 Å². The highest BCUT2D eigenvalue weighted by Crippen LogP contribution is 2.13. The summed E-state index contributed by atoms with van der Waals surface area (Å²) in [6, 6.07) is 12.5. The van der Waals surface area contributed by atoms with Crippen LogP contribution in [0.15, 0.2) is 36.4 Å². The Morgan fingerprint density at radius 1 is 1.11 bits per heavy atom. The highest BCUT2D eigenvalue weighted by atomic mass is 35.5. The molecule has 2 aromatic rings. The van der Waals surface area contributed by atoms with Gasteiger partial charge in [0.25, 0.3) is 0 Å². The van der Waals surface area contributed by atoms with Gasteiger partial charge in [0.05, 0.1) is 11.2 Å². The van der Waals surface area contributed by atoms with Crippen LogP contribution in [0.4, 0.5) is 0 Å². The Labute approximate surface area is 120 Å². The van der Waals surface area contributed by atoms with Gasteiger partial charge in [-0.05, 0) is 25.1 Å². The average Bonchev–Trinajstić information content (AvgIpc) is 2.45. The molecule has 2 rings (SSSR count). The monoisotopic (exact) mass is 276 g/mol. The van der Waals surface area contributed by atoms with Crippen LogP contribution >= 0.6 is 11.6 Å². The summed E-state index contributed by atoms with van der Waals surface area (Å²) in [5.74, 6) is 0.678. The Hall–Kier alpha value is -1.12. The third-order valence-electron chi connectivity index (χ3n) is 3.27. The summed E-state index contributed by atoms with van der Waals surface area (Å²) in [6.45, 7) is 5.12. The molecule has 1 aromatic carbocycles. The normalized spacial score (nSPS) is 11.3. The van der Waals surface area contributed by atoms with Crippen LogP contribution in [0.2, 0.25) is 0 Å². The van der Waals surface area contributed by atoms with E-state index in [1.54, 1.807) is 0 Å². The van der Waals surface area contributed by atoms with Crippen molar-refractivity contribution in [2.24, 2.45) is 0 Å². The predicted molar refractivity (Wildman–Crippen MR) is 82.6 cm³/mol. The molecule has 0 atom stereocenters. The van der Waals surface area contributed by atoms with Crippen LogP contribution in [-0.2, 0) is 6.54 Å². The lowest BCUT2D eigenvalue weighted by Crippen LogP contribution is -2.26. The largest absolute Gasteiger partial charge is 0.296 e. The fourth-order valence-electron chi connectivity index (χ4n) is 2.20. The van der Waals surface area contributed by atoms with Crippen molar-refractivity contribution >= 4 is 22.5 Å². The Bertz CT molecular complexity index is 513. The van der Waals surface area contributed by atoms with Crippen molar-refractivity contribution in [3.63, 3.8) is 0 Å². The molecule has 0 aliphatic heterocycles. The van der Waals surface area contributed by atoms with E-state index in [0.717, 1.165) is 30.8 Å². The van der Waals surface area contributed by atoms with Crippen molar-refractivity contribution < 1.29 is 0 Å². The molecule has 0 saturated carbocycles. The van der Waals surface area contributed by atoms with Gasteiger partial charge in [0.2, 0.25) is 0 Å². The maximum Gasteiger partial charge on any atom is 0.0705 e. The SMILES string of the molecule is CCCCN(CCCl)Cc1ccc2ccccc2n1. The van der Waals surface area contributed by atoms with Gasteiger partial charge in [-0.25, -0.2) is 0 Å². The van der Waals surface area contributed by atoms with Crippen molar-refractivity contribution in [3.05, 3.63) is 42.1 Å². The summed E-state index contributed by atoms with van der Waals surface area (Å²) >= 11 is 5.87. The number of alkyl halides is 1. The van der Waals surface area contributed by atoms with Gasteiger partial charge in [0.15, 0.2) is 0 Å². The minimum atomic E-state index is 0.678. The number of fused-ring (bicyclic) bond motifs is 1. The second-order valence-corrected chi connectivity index (χ2v) is 5.19. The lowest BCUT2D eigenvalue weighted by molar-refractivity contribution is 0.274. The van der Waals surface area contributed by atoms with Gasteiger partial charge in [-0.3, -0.25) is 9.88 Å². The van der Waals surface area contributed by atoms with Crippen LogP contribution < -0.4 is 0 Å². The van der Waals surface area contributed by atoms with E-state index in [9.17, 15) is 0 Å². The van der Waals surface area contributed by atoms with E-state index in [1.165, 1.54) is 18.2 Å². The van der Waals surface area contributed by atoms with E-state index >= 15 is 0 Å². The maximum atomic E-state index is 5.87. The minimum absolute atomic E-state index is 0.678. The smallest absolute Gasteiger partial charge is 0.0705 e. The van der Waals surface area contributed by atoms with Gasteiger partial charge in [-0.1, -0.05) is 37.6 Å². The molecule has 3 heteroatoms. The topological polar surface area (TPSA) is 16.1 Å². The second-order valence-electron chi connectivity index (χ2n) is 4.81. The predicted octanol–water partition coefficient (Wildman–Crippen LogP) is 4.08. The number of unbranched alkanes of at least 4 members (excludes halogenated alkanes) is 1. The average molecular weight is 277 g/mol. The lowest BCUT2D eigenvalue weighted by Gasteiger charge is -2.20. The summed E-state index contributed by atoms with van der Waals surface area (Å²) in [5, 5.41) is 1.20. The molecule has 0 aliphatic rings. The molecule has 0 bridgehead atoms. The number of hydrogen-bond donors (Lipinski definition) is 0. The van der Waals surface area contributed by atoms with Crippen LogP contribution in [-0.4, -0.2) is 28.9 Å². The number of para-hydroxylation sites is 1. The van der Waals surface area contributed by atoms with Crippen molar-refractivity contribution in [2.75, 3.05) is 19.0 Å². The third-order valence-corrected chi connectivity index (χ3v) is 3.44. The zero-order chi connectivity index (χ0) is 13.5. The van der Waals surface area contributed by atoms with Crippen LogP contribution in [0.25, 0.3) is 10.9 Å². The zero-order valence-corrected chi connectivity index (χ0v) is 12.2. The van der Waals surface area contributed by atoms with Gasteiger partial charge < -0.3 is 0 Å². The van der Waals surface area contributed by atoms with Crippen molar-refractivity contribution in [1.82, 2.24) is 9.88 Å². The second kappa shape index (κ2) is 7.46. The molecule has 0 aliphatic carbocycles. The molecule has 2 nitrogen and oxygen atoms in total. The van der Waals surface area contributed by atoms with Crippen LogP contribution in [0.3, 0.4) is 0 Å². The number of hydrogen-bond acceptors (Lipinski definition) is 2. The zero-order valence-electron chi connectivity index (χ0n) is 11.5. The Morgan fingerprint density at radius 3 is 2.74 bits per heavy atom. The molecule has 0 N–H and O–H groups in total. The van der Waals surface area contributed by atoms with Crippen LogP contribution in [0.1, 0.15) is 25.5 Å².